The highest BCUT2D eigenvalue weighted by Gasteiger charge is 2.71. The summed E-state index contributed by atoms with van der Waals surface area (Å²) in [4.78, 5) is 15.1. The van der Waals surface area contributed by atoms with Crippen LogP contribution in [0.2, 0.25) is 0 Å². The average molecular weight is 1250 g/mol. The maximum Gasteiger partial charge on any atom is 0.315 e. The van der Waals surface area contributed by atoms with Gasteiger partial charge in [-0.25, -0.2) is 0 Å². The van der Waals surface area contributed by atoms with Crippen LogP contribution in [-0.4, -0.2) is 286 Å². The molecular weight excluding hydrogens is 1160 g/mol. The van der Waals surface area contributed by atoms with E-state index in [9.17, 15) is 86.8 Å². The molecule has 5 saturated heterocycles. The van der Waals surface area contributed by atoms with E-state index in [1.165, 1.54) is 5.57 Å². The quantitative estimate of drug-likeness (QED) is 0.0417. The van der Waals surface area contributed by atoms with Crippen LogP contribution in [0.1, 0.15) is 106 Å². The van der Waals surface area contributed by atoms with E-state index in [-0.39, 0.29) is 40.6 Å². The topological polar surface area (TPSA) is 453 Å². The Labute approximate surface area is 504 Å². The van der Waals surface area contributed by atoms with Gasteiger partial charge in [0.25, 0.3) is 0 Å². The lowest BCUT2D eigenvalue weighted by molar-refractivity contribution is -0.375. The molecule has 0 spiro atoms. The monoisotopic (exact) mass is 1250 g/mol. The van der Waals surface area contributed by atoms with Crippen molar-refractivity contribution in [2.24, 2.45) is 50.2 Å². The Morgan fingerprint density at radius 2 is 1.07 bits per heavy atom. The highest BCUT2D eigenvalue weighted by atomic mass is 16.8. The number of aliphatic hydroxyl groups excluding tert-OH is 17. The van der Waals surface area contributed by atoms with Gasteiger partial charge in [0.2, 0.25) is 6.29 Å². The molecule has 5 aliphatic carbocycles. The van der Waals surface area contributed by atoms with Gasteiger partial charge in [-0.05, 0) is 104 Å². The van der Waals surface area contributed by atoms with E-state index in [1.807, 2.05) is 6.92 Å². The van der Waals surface area contributed by atoms with Crippen LogP contribution in [0.3, 0.4) is 0 Å². The zero-order chi connectivity index (χ0) is 63.4. The van der Waals surface area contributed by atoms with Crippen molar-refractivity contribution in [1.29, 1.82) is 0 Å². The maximum atomic E-state index is 15.1. The molecule has 0 radical (unpaired) electrons. The summed E-state index contributed by atoms with van der Waals surface area (Å²) in [6.07, 6.45) is -32.1. The highest BCUT2D eigenvalue weighted by Crippen LogP contribution is 2.76. The maximum absolute atomic E-state index is 15.1. The molecule has 33 atom stereocenters. The Bertz CT molecular complexity index is 2400. The van der Waals surface area contributed by atoms with Crippen LogP contribution < -0.4 is 0 Å². The number of carbonyl (C=O) groups excluding carboxylic acids is 1. The third-order valence-electron chi connectivity index (χ3n) is 23.3. The molecule has 87 heavy (non-hydrogen) atoms. The predicted octanol–water partition coefficient (Wildman–Crippen LogP) is -4.60. The third-order valence-corrected chi connectivity index (χ3v) is 23.3. The van der Waals surface area contributed by atoms with Crippen LogP contribution in [0.4, 0.5) is 0 Å². The summed E-state index contributed by atoms with van der Waals surface area (Å²) in [5, 5.41) is 182. The Kier molecular flexibility index (Phi) is 19.9. The number of esters is 1. The summed E-state index contributed by atoms with van der Waals surface area (Å²) in [5.41, 5.74) is -1.97. The van der Waals surface area contributed by atoms with E-state index in [1.54, 1.807) is 0 Å². The Hall–Kier alpha value is -1.83. The van der Waals surface area contributed by atoms with Gasteiger partial charge in [0.15, 0.2) is 25.2 Å². The summed E-state index contributed by atoms with van der Waals surface area (Å²) in [6.45, 7) is 9.76. The fraction of sp³-hybridized carbons (Fsp3) is 0.949. The minimum Gasteiger partial charge on any atom is -0.432 e. The van der Waals surface area contributed by atoms with Gasteiger partial charge >= 0.3 is 5.97 Å². The lowest BCUT2D eigenvalue weighted by Gasteiger charge is -2.71. The number of carbonyl (C=O) groups is 1. The first-order valence-corrected chi connectivity index (χ1v) is 30.9. The van der Waals surface area contributed by atoms with Crippen LogP contribution in [0.5, 0.6) is 0 Å². The van der Waals surface area contributed by atoms with Crippen LogP contribution >= 0.6 is 0 Å². The largest absolute Gasteiger partial charge is 0.432 e. The number of ether oxygens (including phenoxy) is 10. The minimum atomic E-state index is -1.92. The molecular formula is C59H96O28. The van der Waals surface area contributed by atoms with Crippen molar-refractivity contribution < 1.29 is 139 Å². The second-order valence-corrected chi connectivity index (χ2v) is 28.5. The van der Waals surface area contributed by atoms with Gasteiger partial charge in [0.1, 0.15) is 116 Å². The standard InChI is InChI=1S/C59H96O28/c1-54(2)13-15-59(53(77)87-52-45(75)40(70)36(66)29(84-52)21-78-48-43(73)38(68)34(64)26(18-60)80-48)16-14-57(5)24(25(59)17-54)7-8-32-55(3)11-10-33(56(4,23-63)31(55)9-12-58(32,57)6)85-49-42(72)37(67)30(22-79-49)83-50-46(76)41(71)47(28(20-62)82-50)86-51-44(74)39(69)35(65)27(19-61)81-51/h7,25-52,60-76H,8-23H2,1-6H3/t25-,26-,27-,28-,29-,30+,31?,32-,33+,34-,35-,36-,37+,38+,39+,40+,41-,42-,43-,44-,45-,46-,47-,48-,49+,50+,51+,52+,55+,56+,57-,58-,59+/m1/s1. The predicted molar refractivity (Wildman–Crippen MR) is 291 cm³/mol. The third kappa shape index (κ3) is 11.5. The van der Waals surface area contributed by atoms with Crippen molar-refractivity contribution in [3.05, 3.63) is 11.6 Å². The fourth-order valence-corrected chi connectivity index (χ4v) is 17.6. The number of rotatable bonds is 15. The number of hydrogen-bond acceptors (Lipinski definition) is 28. The van der Waals surface area contributed by atoms with Gasteiger partial charge in [-0.15, -0.1) is 0 Å². The first-order chi connectivity index (χ1) is 40.9. The van der Waals surface area contributed by atoms with Crippen molar-refractivity contribution in [1.82, 2.24) is 0 Å². The fourth-order valence-electron chi connectivity index (χ4n) is 17.6. The van der Waals surface area contributed by atoms with Gasteiger partial charge in [-0.3, -0.25) is 4.79 Å². The van der Waals surface area contributed by atoms with E-state index >= 15 is 4.79 Å². The van der Waals surface area contributed by atoms with Gasteiger partial charge in [-0.2, -0.15) is 0 Å². The molecule has 0 bridgehead atoms. The molecule has 4 saturated carbocycles. The van der Waals surface area contributed by atoms with Crippen molar-refractivity contribution in [2.75, 3.05) is 39.6 Å². The minimum absolute atomic E-state index is 0.0926. The smallest absolute Gasteiger partial charge is 0.315 e. The molecule has 0 aromatic carbocycles. The molecule has 28 nitrogen and oxygen atoms in total. The van der Waals surface area contributed by atoms with Crippen LogP contribution in [0.25, 0.3) is 0 Å². The summed E-state index contributed by atoms with van der Waals surface area (Å²) in [6, 6.07) is 0. The molecule has 17 N–H and O–H groups in total. The zero-order valence-corrected chi connectivity index (χ0v) is 50.2. The van der Waals surface area contributed by atoms with Crippen LogP contribution in [0, 0.1) is 50.2 Å². The molecule has 28 heteroatoms. The molecule has 9 fully saturated rings. The second kappa shape index (κ2) is 25.5. The molecule has 5 aliphatic heterocycles. The number of aliphatic hydroxyl groups is 17. The molecule has 0 aromatic rings. The number of allylic oxidation sites excluding steroid dienone is 2. The lowest BCUT2D eigenvalue weighted by atomic mass is 9.33. The van der Waals surface area contributed by atoms with Gasteiger partial charge in [0.05, 0.1) is 51.2 Å². The van der Waals surface area contributed by atoms with Crippen LogP contribution in [0.15, 0.2) is 11.6 Å². The molecule has 10 aliphatic rings. The van der Waals surface area contributed by atoms with Crippen molar-refractivity contribution >= 4 is 5.97 Å². The van der Waals surface area contributed by atoms with Crippen molar-refractivity contribution in [3.63, 3.8) is 0 Å². The molecule has 500 valence electrons. The van der Waals surface area contributed by atoms with E-state index in [0.717, 1.165) is 6.42 Å². The van der Waals surface area contributed by atoms with Crippen molar-refractivity contribution in [3.8, 4) is 0 Å². The summed E-state index contributed by atoms with van der Waals surface area (Å²) < 4.78 is 58.5. The van der Waals surface area contributed by atoms with Crippen LogP contribution in [-0.2, 0) is 52.2 Å². The normalized spacial score (nSPS) is 54.3. The zero-order valence-electron chi connectivity index (χ0n) is 50.2. The Morgan fingerprint density at radius 3 is 1.70 bits per heavy atom. The van der Waals surface area contributed by atoms with E-state index in [0.29, 0.717) is 57.8 Å². The number of fused-ring (bicyclic) bond motifs is 7. The summed E-state index contributed by atoms with van der Waals surface area (Å²) in [7, 11) is 0. The molecule has 0 aromatic heterocycles. The second-order valence-electron chi connectivity index (χ2n) is 28.5. The Morgan fingerprint density at radius 1 is 0.529 bits per heavy atom. The first-order valence-electron chi connectivity index (χ1n) is 30.9. The first kappa shape index (κ1) is 68.0. The van der Waals surface area contributed by atoms with E-state index in [4.69, 9.17) is 47.4 Å². The molecule has 0 amide bonds. The summed E-state index contributed by atoms with van der Waals surface area (Å²) in [5.74, 6) is -0.879. The van der Waals surface area contributed by atoms with Gasteiger partial charge in [0, 0.05) is 5.41 Å². The number of hydrogen-bond donors (Lipinski definition) is 17. The van der Waals surface area contributed by atoms with Crippen molar-refractivity contribution in [2.45, 2.75) is 259 Å². The highest BCUT2D eigenvalue weighted by molar-refractivity contribution is 5.79. The Balaban J connectivity index is 0.798. The molecule has 10 rings (SSSR count). The van der Waals surface area contributed by atoms with E-state index < -0.39 is 209 Å². The molecule has 5 heterocycles. The van der Waals surface area contributed by atoms with Gasteiger partial charge < -0.3 is 134 Å². The lowest BCUT2D eigenvalue weighted by Crippen LogP contribution is -2.67. The van der Waals surface area contributed by atoms with E-state index in [2.05, 4.69) is 40.7 Å². The molecule has 1 unspecified atom stereocenters. The average Bonchev–Trinajstić information content (AvgIpc) is 0.681. The van der Waals surface area contributed by atoms with Gasteiger partial charge in [-0.1, -0.05) is 53.2 Å². The summed E-state index contributed by atoms with van der Waals surface area (Å²) >= 11 is 0. The SMILES string of the molecule is CC1(C)CC[C@]2(C(=O)O[C@@H]3O[C@H](CO[C@@H]4O[C@H](CO)[C@@H](O)[C@H](O)[C@H]4O)[C@@H](O)[C@H](O)[C@H]3O)CC[C@]3(C)C(=CC[C@@H]4[C@@]5(C)CC[C@H](O[C@@H]6OC[C@H](O[C@@H]7O[C@H](CO)[C@@H](O[C@@H]8O[C@H](CO)[C@@H](O)[C@H](O)[C@H]8O)[C@H](O)[C@H]7O)[C@H](O)[C@H]6O)[C@@](C)(CO)C5CC[C@]43C)[C@H]2C1.